The van der Waals surface area contributed by atoms with Crippen molar-refractivity contribution < 1.29 is 4.74 Å². The first-order chi connectivity index (χ1) is 16.6. The second-order valence-electron chi connectivity index (χ2n) is 10.7. The second-order valence-corrected chi connectivity index (χ2v) is 11.1. The Labute approximate surface area is 204 Å². The number of hydrogen-bond acceptors (Lipinski definition) is 6. The summed E-state index contributed by atoms with van der Waals surface area (Å²) in [5.74, 6) is 3.68. The van der Waals surface area contributed by atoms with Crippen molar-refractivity contribution in [2.75, 3.05) is 31.2 Å². The Morgan fingerprint density at radius 2 is 1.97 bits per heavy atom. The van der Waals surface area contributed by atoms with Crippen molar-refractivity contribution in [3.8, 4) is 5.69 Å². The minimum Gasteiger partial charge on any atom is -0.380 e. The Kier molecular flexibility index (Phi) is 4.76. The topological polar surface area (TPSA) is 59.3 Å². The number of pyridine rings is 1. The van der Waals surface area contributed by atoms with Gasteiger partial charge in [-0.05, 0) is 61.6 Å². The van der Waals surface area contributed by atoms with E-state index in [4.69, 9.17) is 26.5 Å². The minimum atomic E-state index is 0.393. The van der Waals surface area contributed by atoms with E-state index < -0.39 is 0 Å². The summed E-state index contributed by atoms with van der Waals surface area (Å²) in [5.41, 5.74) is 4.02. The molecule has 5 heterocycles. The van der Waals surface area contributed by atoms with Gasteiger partial charge in [-0.25, -0.2) is 4.98 Å². The van der Waals surface area contributed by atoms with Gasteiger partial charge in [-0.1, -0.05) is 17.7 Å². The molecule has 0 bridgehead atoms. The summed E-state index contributed by atoms with van der Waals surface area (Å²) in [6, 6.07) is 10.9. The van der Waals surface area contributed by atoms with E-state index in [1.165, 1.54) is 16.8 Å². The molecule has 1 atom stereocenters. The van der Waals surface area contributed by atoms with E-state index in [-0.39, 0.29) is 0 Å². The van der Waals surface area contributed by atoms with Crippen LogP contribution in [0.25, 0.3) is 5.69 Å². The van der Waals surface area contributed by atoms with E-state index >= 15 is 0 Å². The van der Waals surface area contributed by atoms with Crippen LogP contribution < -0.4 is 4.90 Å². The van der Waals surface area contributed by atoms with Crippen molar-refractivity contribution in [2.24, 2.45) is 5.41 Å². The van der Waals surface area contributed by atoms with Crippen LogP contribution in [0.1, 0.15) is 48.0 Å². The first-order valence-electron chi connectivity index (χ1n) is 12.3. The highest BCUT2D eigenvalue weighted by atomic mass is 35.5. The highest BCUT2D eigenvalue weighted by Gasteiger charge is 2.54. The summed E-state index contributed by atoms with van der Waals surface area (Å²) in [5, 5.41) is 10.2. The van der Waals surface area contributed by atoms with Crippen LogP contribution in [0.3, 0.4) is 0 Å². The second kappa shape index (κ2) is 7.77. The van der Waals surface area contributed by atoms with Gasteiger partial charge in [0.1, 0.15) is 11.6 Å². The van der Waals surface area contributed by atoms with E-state index in [0.29, 0.717) is 17.4 Å². The Morgan fingerprint density at radius 3 is 2.74 bits per heavy atom. The molecule has 2 saturated heterocycles. The number of aryl methyl sites for hydroxylation is 1. The SMILES string of the molecule is Cc1ccc(N2CC3(CC(c4nnc5n4-c4ccc(Cl)cc4CN([C@@H]4CCOC4)C5)C3)C2)nc1. The maximum absolute atomic E-state index is 6.42. The third kappa shape index (κ3) is 3.36. The molecule has 1 aliphatic carbocycles. The van der Waals surface area contributed by atoms with E-state index in [0.717, 1.165) is 81.1 Å². The lowest BCUT2D eigenvalue weighted by Gasteiger charge is -2.59. The number of halogens is 1. The first-order valence-corrected chi connectivity index (χ1v) is 12.7. The number of ether oxygens (including phenoxy) is 1. The predicted molar refractivity (Wildman–Crippen MR) is 130 cm³/mol. The fraction of sp³-hybridized carbons (Fsp3) is 0.500. The molecular weight excluding hydrogens is 448 g/mol. The van der Waals surface area contributed by atoms with Crippen molar-refractivity contribution >= 4 is 17.4 Å². The third-order valence-electron chi connectivity index (χ3n) is 8.17. The highest BCUT2D eigenvalue weighted by molar-refractivity contribution is 6.30. The van der Waals surface area contributed by atoms with Gasteiger partial charge < -0.3 is 9.64 Å². The van der Waals surface area contributed by atoms with Crippen LogP contribution in [0.4, 0.5) is 5.82 Å². The maximum Gasteiger partial charge on any atom is 0.151 e. The molecule has 3 aliphatic heterocycles. The van der Waals surface area contributed by atoms with E-state index in [1.54, 1.807) is 0 Å². The minimum absolute atomic E-state index is 0.393. The molecule has 1 saturated carbocycles. The number of fused-ring (bicyclic) bond motifs is 3. The van der Waals surface area contributed by atoms with Gasteiger partial charge in [0.15, 0.2) is 5.82 Å². The fourth-order valence-corrected chi connectivity index (χ4v) is 6.58. The van der Waals surface area contributed by atoms with Crippen molar-refractivity contribution in [3.05, 3.63) is 64.3 Å². The standard InChI is InChI=1S/C26H29ClN6O/c1-17-2-5-23(28-11-17)32-15-26(16-32)9-19(10-26)25-30-29-24-13-31(21-6-7-34-14-21)12-18-8-20(27)3-4-22(18)33(24)25/h2-5,8,11,19,21H,6-7,9-10,12-16H2,1H3/t21-/m1/s1. The number of hydrogen-bond donors (Lipinski definition) is 0. The summed E-state index contributed by atoms with van der Waals surface area (Å²) >= 11 is 6.42. The Balaban J connectivity index is 1.14. The van der Waals surface area contributed by atoms with Crippen LogP contribution in [0.5, 0.6) is 0 Å². The first kappa shape index (κ1) is 20.9. The molecule has 34 heavy (non-hydrogen) atoms. The summed E-state index contributed by atoms with van der Waals surface area (Å²) < 4.78 is 8.02. The molecule has 2 aromatic heterocycles. The molecule has 0 amide bonds. The summed E-state index contributed by atoms with van der Waals surface area (Å²) in [6.45, 7) is 7.52. The molecule has 3 aromatic rings. The van der Waals surface area contributed by atoms with Crippen LogP contribution in [-0.2, 0) is 17.8 Å². The van der Waals surface area contributed by atoms with Crippen molar-refractivity contribution in [1.82, 2.24) is 24.6 Å². The van der Waals surface area contributed by atoms with Gasteiger partial charge in [-0.15, -0.1) is 10.2 Å². The fourth-order valence-electron chi connectivity index (χ4n) is 6.38. The van der Waals surface area contributed by atoms with E-state index in [9.17, 15) is 0 Å². The zero-order valence-electron chi connectivity index (χ0n) is 19.5. The van der Waals surface area contributed by atoms with Gasteiger partial charge in [-0.2, -0.15) is 0 Å². The van der Waals surface area contributed by atoms with Crippen molar-refractivity contribution in [2.45, 2.75) is 51.2 Å². The van der Waals surface area contributed by atoms with Crippen LogP contribution >= 0.6 is 11.6 Å². The average molecular weight is 477 g/mol. The predicted octanol–water partition coefficient (Wildman–Crippen LogP) is 4.11. The number of aromatic nitrogens is 4. The molecule has 7 rings (SSSR count). The van der Waals surface area contributed by atoms with Crippen molar-refractivity contribution in [1.29, 1.82) is 0 Å². The summed E-state index contributed by atoms with van der Waals surface area (Å²) in [7, 11) is 0. The molecule has 1 spiro atoms. The third-order valence-corrected chi connectivity index (χ3v) is 8.41. The van der Waals surface area contributed by atoms with Crippen LogP contribution in [-0.4, -0.2) is 57.0 Å². The molecule has 0 N–H and O–H groups in total. The Morgan fingerprint density at radius 1 is 1.09 bits per heavy atom. The molecule has 4 aliphatic rings. The van der Waals surface area contributed by atoms with Crippen LogP contribution in [0, 0.1) is 12.3 Å². The number of nitrogens with zero attached hydrogens (tertiary/aromatic N) is 6. The van der Waals surface area contributed by atoms with Gasteiger partial charge in [0.05, 0.1) is 18.8 Å². The summed E-state index contributed by atoms with van der Waals surface area (Å²) in [4.78, 5) is 9.50. The number of benzene rings is 1. The monoisotopic (exact) mass is 476 g/mol. The van der Waals surface area contributed by atoms with Crippen LogP contribution in [0.15, 0.2) is 36.5 Å². The highest BCUT2D eigenvalue weighted by Crippen LogP contribution is 2.56. The smallest absolute Gasteiger partial charge is 0.151 e. The van der Waals surface area contributed by atoms with E-state index in [2.05, 4.69) is 50.5 Å². The molecule has 3 fully saturated rings. The van der Waals surface area contributed by atoms with Gasteiger partial charge in [0.25, 0.3) is 0 Å². The van der Waals surface area contributed by atoms with E-state index in [1.807, 2.05) is 12.3 Å². The summed E-state index contributed by atoms with van der Waals surface area (Å²) in [6.07, 6.45) is 5.35. The molecule has 7 nitrogen and oxygen atoms in total. The normalized spacial score (nSPS) is 23.8. The Hall–Kier alpha value is -2.48. The maximum atomic E-state index is 6.42. The van der Waals surface area contributed by atoms with Gasteiger partial charge in [0.2, 0.25) is 0 Å². The molecular formula is C26H29ClN6O. The zero-order chi connectivity index (χ0) is 22.9. The average Bonchev–Trinajstić information content (AvgIpc) is 3.41. The van der Waals surface area contributed by atoms with Gasteiger partial charge in [-0.3, -0.25) is 9.47 Å². The molecule has 0 radical (unpaired) electrons. The number of anilines is 1. The van der Waals surface area contributed by atoms with Crippen LogP contribution in [0.2, 0.25) is 5.02 Å². The molecule has 8 heteroatoms. The molecule has 1 aromatic carbocycles. The van der Waals surface area contributed by atoms with Gasteiger partial charge in [0, 0.05) is 54.8 Å². The molecule has 176 valence electrons. The zero-order valence-corrected chi connectivity index (χ0v) is 20.2. The number of rotatable bonds is 3. The lowest BCUT2D eigenvalue weighted by Crippen LogP contribution is -2.62. The largest absolute Gasteiger partial charge is 0.380 e. The lowest BCUT2D eigenvalue weighted by molar-refractivity contribution is 0.0581. The van der Waals surface area contributed by atoms with Gasteiger partial charge >= 0.3 is 0 Å². The quantitative estimate of drug-likeness (QED) is 0.567. The lowest BCUT2D eigenvalue weighted by atomic mass is 9.57. The van der Waals surface area contributed by atoms with Crippen molar-refractivity contribution in [3.63, 3.8) is 0 Å². The Bertz CT molecular complexity index is 1220. The molecule has 0 unspecified atom stereocenters.